The van der Waals surface area contributed by atoms with Crippen LogP contribution in [0.1, 0.15) is 32.3 Å². The van der Waals surface area contributed by atoms with Crippen LogP contribution in [0.3, 0.4) is 0 Å². The van der Waals surface area contributed by atoms with Gasteiger partial charge in [-0.05, 0) is 30.7 Å². The Hall–Kier alpha value is -1.56. The molecule has 0 aromatic heterocycles. The SMILES string of the molecule is CC(C)NCCCC(=O)Cc1ccc(OC(F)(F)F)cc1. The Labute approximate surface area is 122 Å². The molecule has 1 rings (SSSR count). The van der Waals surface area contributed by atoms with E-state index in [1.807, 2.05) is 13.8 Å². The zero-order valence-corrected chi connectivity index (χ0v) is 12.2. The number of carbonyl (C=O) groups excluding carboxylic acids is 1. The fourth-order valence-electron chi connectivity index (χ4n) is 1.80. The molecule has 0 unspecified atom stereocenters. The molecule has 0 atom stereocenters. The van der Waals surface area contributed by atoms with E-state index in [4.69, 9.17) is 0 Å². The highest BCUT2D eigenvalue weighted by molar-refractivity contribution is 5.80. The Bertz CT molecular complexity index is 441. The normalized spacial score (nSPS) is 11.7. The summed E-state index contributed by atoms with van der Waals surface area (Å²) < 4.78 is 39.8. The molecule has 6 heteroatoms. The van der Waals surface area contributed by atoms with Crippen LogP contribution in [-0.2, 0) is 11.2 Å². The van der Waals surface area contributed by atoms with Crippen LogP contribution in [0.25, 0.3) is 0 Å². The zero-order chi connectivity index (χ0) is 15.9. The number of ketones is 1. The Morgan fingerprint density at radius 1 is 1.24 bits per heavy atom. The summed E-state index contributed by atoms with van der Waals surface area (Å²) in [5.41, 5.74) is 0.686. The van der Waals surface area contributed by atoms with Gasteiger partial charge in [0.05, 0.1) is 0 Å². The number of Topliss-reactive ketones (excluding diaryl/α,β-unsaturated/α-hetero) is 1. The highest BCUT2D eigenvalue weighted by atomic mass is 19.4. The molecule has 1 aromatic carbocycles. The number of ether oxygens (including phenoxy) is 1. The first-order valence-electron chi connectivity index (χ1n) is 6.86. The second-order valence-corrected chi connectivity index (χ2v) is 5.12. The Kier molecular flexibility index (Phi) is 6.68. The van der Waals surface area contributed by atoms with Crippen LogP contribution in [0.15, 0.2) is 24.3 Å². The minimum absolute atomic E-state index is 0.0741. The van der Waals surface area contributed by atoms with E-state index < -0.39 is 6.36 Å². The first-order chi connectivity index (χ1) is 9.76. The highest BCUT2D eigenvalue weighted by Crippen LogP contribution is 2.22. The maximum Gasteiger partial charge on any atom is 0.573 e. The minimum Gasteiger partial charge on any atom is -0.406 e. The first-order valence-corrected chi connectivity index (χ1v) is 6.86. The molecule has 0 aliphatic heterocycles. The average Bonchev–Trinajstić information content (AvgIpc) is 2.35. The standard InChI is InChI=1S/C15H20F3NO2/c1-11(2)19-9-3-4-13(20)10-12-5-7-14(8-6-12)21-15(16,17)18/h5-8,11,19H,3-4,9-10H2,1-2H3. The van der Waals surface area contributed by atoms with E-state index in [1.54, 1.807) is 0 Å². The number of alkyl halides is 3. The van der Waals surface area contributed by atoms with E-state index in [0.717, 1.165) is 13.0 Å². The number of carbonyl (C=O) groups is 1. The quantitative estimate of drug-likeness (QED) is 0.747. The summed E-state index contributed by atoms with van der Waals surface area (Å²) in [7, 11) is 0. The van der Waals surface area contributed by atoms with Crippen molar-refractivity contribution in [2.45, 2.75) is 45.5 Å². The number of hydrogen-bond acceptors (Lipinski definition) is 3. The molecule has 0 bridgehead atoms. The van der Waals surface area contributed by atoms with E-state index in [1.165, 1.54) is 24.3 Å². The van der Waals surface area contributed by atoms with Gasteiger partial charge in [0.2, 0.25) is 0 Å². The molecule has 0 aliphatic rings. The summed E-state index contributed by atoms with van der Waals surface area (Å²) in [6, 6.07) is 5.78. The lowest BCUT2D eigenvalue weighted by atomic mass is 10.1. The molecule has 1 N–H and O–H groups in total. The Morgan fingerprint density at radius 2 is 1.86 bits per heavy atom. The van der Waals surface area contributed by atoms with E-state index in [0.29, 0.717) is 18.0 Å². The molecule has 0 saturated carbocycles. The predicted octanol–water partition coefficient (Wildman–Crippen LogP) is 3.48. The molecule has 3 nitrogen and oxygen atoms in total. The number of rotatable bonds is 8. The average molecular weight is 303 g/mol. The van der Waals surface area contributed by atoms with Crippen molar-refractivity contribution >= 4 is 5.78 Å². The maximum atomic E-state index is 12.0. The first kappa shape index (κ1) is 17.5. The molecule has 0 aliphatic carbocycles. The molecule has 0 saturated heterocycles. The number of nitrogens with one attached hydrogen (secondary N) is 1. The van der Waals surface area contributed by atoms with Crippen molar-refractivity contribution in [3.8, 4) is 5.75 Å². The van der Waals surface area contributed by atoms with Gasteiger partial charge in [-0.3, -0.25) is 4.79 Å². The van der Waals surface area contributed by atoms with Gasteiger partial charge >= 0.3 is 6.36 Å². The van der Waals surface area contributed by atoms with Crippen molar-refractivity contribution in [1.82, 2.24) is 5.32 Å². The summed E-state index contributed by atoms with van der Waals surface area (Å²) in [6.45, 7) is 4.85. The molecule has 0 heterocycles. The maximum absolute atomic E-state index is 12.0. The second kappa shape index (κ2) is 8.02. The van der Waals surface area contributed by atoms with Gasteiger partial charge in [0, 0.05) is 18.9 Å². The number of halogens is 3. The molecular formula is C15H20F3NO2. The van der Waals surface area contributed by atoms with E-state index in [2.05, 4.69) is 10.1 Å². The molecule has 1 aromatic rings. The van der Waals surface area contributed by atoms with Crippen molar-refractivity contribution in [2.24, 2.45) is 0 Å². The van der Waals surface area contributed by atoms with Gasteiger partial charge in [-0.15, -0.1) is 13.2 Å². The van der Waals surface area contributed by atoms with Gasteiger partial charge in [-0.25, -0.2) is 0 Å². The van der Waals surface area contributed by atoms with Gasteiger partial charge < -0.3 is 10.1 Å². The van der Waals surface area contributed by atoms with Crippen LogP contribution in [0.4, 0.5) is 13.2 Å². The lowest BCUT2D eigenvalue weighted by molar-refractivity contribution is -0.274. The molecule has 118 valence electrons. The van der Waals surface area contributed by atoms with E-state index >= 15 is 0 Å². The van der Waals surface area contributed by atoms with Crippen LogP contribution in [0.2, 0.25) is 0 Å². The van der Waals surface area contributed by atoms with Crippen molar-refractivity contribution < 1.29 is 22.7 Å². The van der Waals surface area contributed by atoms with Crippen molar-refractivity contribution in [3.63, 3.8) is 0 Å². The van der Waals surface area contributed by atoms with E-state index in [9.17, 15) is 18.0 Å². The smallest absolute Gasteiger partial charge is 0.406 e. The van der Waals surface area contributed by atoms with Crippen LogP contribution < -0.4 is 10.1 Å². The van der Waals surface area contributed by atoms with Crippen molar-refractivity contribution in [1.29, 1.82) is 0 Å². The number of hydrogen-bond donors (Lipinski definition) is 1. The molecule has 0 fully saturated rings. The van der Waals surface area contributed by atoms with Crippen molar-refractivity contribution in [3.05, 3.63) is 29.8 Å². The summed E-state index contributed by atoms with van der Waals surface area (Å²) in [5.74, 6) is -0.204. The molecule has 0 amide bonds. The summed E-state index contributed by atoms with van der Waals surface area (Å²) >= 11 is 0. The fourth-order valence-corrected chi connectivity index (χ4v) is 1.80. The number of benzene rings is 1. The third-order valence-corrected chi connectivity index (χ3v) is 2.74. The summed E-state index contributed by atoms with van der Waals surface area (Å²) in [6.07, 6.45) is -3.25. The molecule has 21 heavy (non-hydrogen) atoms. The van der Waals surface area contributed by atoms with Crippen LogP contribution in [0, 0.1) is 0 Å². The summed E-state index contributed by atoms with van der Waals surface area (Å²) in [4.78, 5) is 11.7. The Balaban J connectivity index is 2.36. The topological polar surface area (TPSA) is 38.3 Å². The largest absolute Gasteiger partial charge is 0.573 e. The Morgan fingerprint density at radius 3 is 2.38 bits per heavy atom. The van der Waals surface area contributed by atoms with Crippen LogP contribution in [0.5, 0.6) is 5.75 Å². The van der Waals surface area contributed by atoms with E-state index in [-0.39, 0.29) is 18.0 Å². The molecular weight excluding hydrogens is 283 g/mol. The van der Waals surface area contributed by atoms with Gasteiger partial charge in [0.15, 0.2) is 0 Å². The fraction of sp³-hybridized carbons (Fsp3) is 0.533. The summed E-state index contributed by atoms with van der Waals surface area (Å²) in [5, 5.41) is 3.22. The zero-order valence-electron chi connectivity index (χ0n) is 12.2. The second-order valence-electron chi connectivity index (χ2n) is 5.12. The predicted molar refractivity (Wildman–Crippen MR) is 74.2 cm³/mol. The van der Waals surface area contributed by atoms with Gasteiger partial charge in [0.25, 0.3) is 0 Å². The van der Waals surface area contributed by atoms with Crippen LogP contribution >= 0.6 is 0 Å². The monoisotopic (exact) mass is 303 g/mol. The van der Waals surface area contributed by atoms with Gasteiger partial charge in [0.1, 0.15) is 11.5 Å². The van der Waals surface area contributed by atoms with Gasteiger partial charge in [-0.1, -0.05) is 26.0 Å². The molecule has 0 radical (unpaired) electrons. The third kappa shape index (κ3) is 8.34. The lowest BCUT2D eigenvalue weighted by Crippen LogP contribution is -2.24. The minimum atomic E-state index is -4.69. The van der Waals surface area contributed by atoms with Crippen molar-refractivity contribution in [2.75, 3.05) is 6.54 Å². The third-order valence-electron chi connectivity index (χ3n) is 2.74. The molecule has 0 spiro atoms. The highest BCUT2D eigenvalue weighted by Gasteiger charge is 2.30. The lowest BCUT2D eigenvalue weighted by Gasteiger charge is -2.09. The van der Waals surface area contributed by atoms with Crippen LogP contribution in [-0.4, -0.2) is 24.7 Å². The van der Waals surface area contributed by atoms with Gasteiger partial charge in [-0.2, -0.15) is 0 Å².